The Morgan fingerprint density at radius 2 is 1.93 bits per heavy atom. The zero-order chi connectivity index (χ0) is 21.1. The maximum atomic E-state index is 13.2. The molecule has 0 atom stereocenters. The van der Waals surface area contributed by atoms with E-state index >= 15 is 0 Å². The van der Waals surface area contributed by atoms with E-state index in [0.717, 1.165) is 23.9 Å². The average Bonchev–Trinajstić information content (AvgIpc) is 3.15. The number of ether oxygens (including phenoxy) is 1. The summed E-state index contributed by atoms with van der Waals surface area (Å²) in [7, 11) is 0. The first kappa shape index (κ1) is 20.5. The van der Waals surface area contributed by atoms with Crippen molar-refractivity contribution >= 4 is 40.1 Å². The van der Waals surface area contributed by atoms with Crippen molar-refractivity contribution < 1.29 is 27.1 Å². The Hall–Kier alpha value is -2.72. The number of nitrogens with one attached hydrogen (secondary N) is 1. The van der Waals surface area contributed by atoms with Crippen LogP contribution in [0.15, 0.2) is 52.1 Å². The first-order valence-corrected chi connectivity index (χ1v) is 10.2. The van der Waals surface area contributed by atoms with Gasteiger partial charge in [-0.1, -0.05) is 23.9 Å². The van der Waals surface area contributed by atoms with Crippen LogP contribution < -0.4 is 10.2 Å². The van der Waals surface area contributed by atoms with E-state index in [1.807, 2.05) is 12.1 Å². The molecule has 1 saturated heterocycles. The van der Waals surface area contributed by atoms with Crippen molar-refractivity contribution in [3.63, 3.8) is 0 Å². The maximum absolute atomic E-state index is 13.2. The summed E-state index contributed by atoms with van der Waals surface area (Å²) in [5, 5.41) is 3.07. The van der Waals surface area contributed by atoms with Gasteiger partial charge in [-0.3, -0.25) is 4.79 Å². The number of hydrogen-bond acceptors (Lipinski definition) is 6. The highest BCUT2D eigenvalue weighted by Crippen LogP contribution is 2.36. The maximum Gasteiger partial charge on any atom is 0.416 e. The molecule has 1 aliphatic heterocycles. The SMILES string of the molecule is O=C(CSc1nc2ccccc2o1)Nc1ccc(C(F)(F)F)cc1N1CCOCC1. The molecule has 0 saturated carbocycles. The molecule has 0 spiro atoms. The van der Waals surface area contributed by atoms with Gasteiger partial charge in [0.1, 0.15) is 5.52 Å². The summed E-state index contributed by atoms with van der Waals surface area (Å²) in [5.74, 6) is -0.354. The molecule has 2 aromatic carbocycles. The minimum atomic E-state index is -4.47. The van der Waals surface area contributed by atoms with E-state index in [1.165, 1.54) is 6.07 Å². The van der Waals surface area contributed by atoms with Gasteiger partial charge in [-0.25, -0.2) is 4.98 Å². The highest BCUT2D eigenvalue weighted by atomic mass is 32.2. The third kappa shape index (κ3) is 4.71. The molecule has 6 nitrogen and oxygen atoms in total. The largest absolute Gasteiger partial charge is 0.431 e. The van der Waals surface area contributed by atoms with Crippen LogP contribution in [-0.4, -0.2) is 42.9 Å². The molecule has 2 heterocycles. The molecule has 1 fully saturated rings. The molecule has 30 heavy (non-hydrogen) atoms. The van der Waals surface area contributed by atoms with E-state index in [-0.39, 0.29) is 11.7 Å². The number of alkyl halides is 3. The first-order valence-electron chi connectivity index (χ1n) is 9.22. The smallest absolute Gasteiger partial charge is 0.416 e. The summed E-state index contributed by atoms with van der Waals surface area (Å²) < 4.78 is 50.4. The lowest BCUT2D eigenvalue weighted by molar-refractivity contribution is -0.137. The first-order chi connectivity index (χ1) is 14.4. The Morgan fingerprint density at radius 1 is 1.17 bits per heavy atom. The molecule has 1 aliphatic rings. The van der Waals surface area contributed by atoms with Crippen LogP contribution in [0, 0.1) is 0 Å². The second kappa shape index (κ2) is 8.57. The van der Waals surface area contributed by atoms with Gasteiger partial charge in [0.2, 0.25) is 5.91 Å². The number of benzene rings is 2. The molecule has 3 aromatic rings. The third-order valence-corrected chi connectivity index (χ3v) is 5.38. The number of aromatic nitrogens is 1. The molecular weight excluding hydrogens is 419 g/mol. The molecule has 0 aliphatic carbocycles. The average molecular weight is 437 g/mol. The van der Waals surface area contributed by atoms with Crippen molar-refractivity contribution in [3.8, 4) is 0 Å². The van der Waals surface area contributed by atoms with Gasteiger partial charge < -0.3 is 19.4 Å². The van der Waals surface area contributed by atoms with E-state index in [2.05, 4.69) is 10.3 Å². The van der Waals surface area contributed by atoms with Gasteiger partial charge in [0, 0.05) is 13.1 Å². The van der Waals surface area contributed by atoms with E-state index in [0.29, 0.717) is 54.0 Å². The molecule has 1 N–H and O–H groups in total. The zero-order valence-electron chi connectivity index (χ0n) is 15.7. The Morgan fingerprint density at radius 3 is 2.67 bits per heavy atom. The van der Waals surface area contributed by atoms with Crippen LogP contribution in [0.3, 0.4) is 0 Å². The number of halogens is 3. The molecule has 1 aromatic heterocycles. The molecule has 0 radical (unpaired) electrons. The Kier molecular flexibility index (Phi) is 5.87. The highest BCUT2D eigenvalue weighted by Gasteiger charge is 2.32. The fourth-order valence-corrected chi connectivity index (χ4v) is 3.74. The lowest BCUT2D eigenvalue weighted by Gasteiger charge is -2.31. The van der Waals surface area contributed by atoms with E-state index in [9.17, 15) is 18.0 Å². The molecule has 10 heteroatoms. The summed E-state index contributed by atoms with van der Waals surface area (Å²) in [4.78, 5) is 18.5. The fraction of sp³-hybridized carbons (Fsp3) is 0.300. The van der Waals surface area contributed by atoms with Crippen molar-refractivity contribution in [2.45, 2.75) is 11.4 Å². The topological polar surface area (TPSA) is 67.6 Å². The number of morpholine rings is 1. The number of rotatable bonds is 5. The van der Waals surface area contributed by atoms with E-state index < -0.39 is 11.7 Å². The molecular formula is C20H18F3N3O3S. The minimum Gasteiger partial charge on any atom is -0.431 e. The molecule has 0 unspecified atom stereocenters. The number of para-hydroxylation sites is 2. The van der Waals surface area contributed by atoms with E-state index in [4.69, 9.17) is 9.15 Å². The Bertz CT molecular complexity index is 1020. The number of amides is 1. The third-order valence-electron chi connectivity index (χ3n) is 4.55. The lowest BCUT2D eigenvalue weighted by atomic mass is 10.1. The highest BCUT2D eigenvalue weighted by molar-refractivity contribution is 7.99. The monoisotopic (exact) mass is 437 g/mol. The number of oxazole rings is 1. The second-order valence-electron chi connectivity index (χ2n) is 6.61. The van der Waals surface area contributed by atoms with Gasteiger partial charge in [0.15, 0.2) is 5.58 Å². The molecule has 158 valence electrons. The minimum absolute atomic E-state index is 0.0103. The van der Waals surface area contributed by atoms with Crippen LogP contribution in [0.1, 0.15) is 5.56 Å². The van der Waals surface area contributed by atoms with Gasteiger partial charge in [0.25, 0.3) is 5.22 Å². The van der Waals surface area contributed by atoms with Crippen LogP contribution >= 0.6 is 11.8 Å². The summed E-state index contributed by atoms with van der Waals surface area (Å²) in [6.45, 7) is 1.72. The quantitative estimate of drug-likeness (QED) is 0.597. The normalized spacial score (nSPS) is 14.8. The fourth-order valence-electron chi connectivity index (χ4n) is 3.11. The number of fused-ring (bicyclic) bond motifs is 1. The summed E-state index contributed by atoms with van der Waals surface area (Å²) in [6.07, 6.45) is -4.47. The molecule has 4 rings (SSSR count). The van der Waals surface area contributed by atoms with E-state index in [1.54, 1.807) is 17.0 Å². The van der Waals surface area contributed by atoms with Crippen molar-refractivity contribution in [2.24, 2.45) is 0 Å². The van der Waals surface area contributed by atoms with Gasteiger partial charge in [-0.15, -0.1) is 0 Å². The number of thioether (sulfide) groups is 1. The van der Waals surface area contributed by atoms with Crippen LogP contribution in [0.2, 0.25) is 0 Å². The number of nitrogens with zero attached hydrogens (tertiary/aromatic N) is 2. The van der Waals surface area contributed by atoms with Crippen LogP contribution in [-0.2, 0) is 15.7 Å². The number of anilines is 2. The summed E-state index contributed by atoms with van der Waals surface area (Å²) >= 11 is 1.12. The number of carbonyl (C=O) groups is 1. The van der Waals surface area contributed by atoms with Crippen LogP contribution in [0.25, 0.3) is 11.1 Å². The predicted molar refractivity (Wildman–Crippen MR) is 108 cm³/mol. The van der Waals surface area contributed by atoms with Gasteiger partial charge in [-0.2, -0.15) is 13.2 Å². The zero-order valence-corrected chi connectivity index (χ0v) is 16.6. The van der Waals surface area contributed by atoms with Crippen molar-refractivity contribution in [1.29, 1.82) is 0 Å². The predicted octanol–water partition coefficient (Wildman–Crippen LogP) is 4.41. The van der Waals surface area contributed by atoms with Gasteiger partial charge in [-0.05, 0) is 30.3 Å². The van der Waals surface area contributed by atoms with Crippen molar-refractivity contribution in [3.05, 3.63) is 48.0 Å². The Labute approximate surface area is 174 Å². The standard InChI is InChI=1S/C20H18F3N3O3S/c21-20(22,23)13-5-6-14(16(11-13)26-7-9-28-10-8-26)24-18(27)12-30-19-25-15-3-1-2-4-17(15)29-19/h1-6,11H,7-10,12H2,(H,24,27). The lowest BCUT2D eigenvalue weighted by Crippen LogP contribution is -2.37. The number of hydrogen-bond donors (Lipinski definition) is 1. The van der Waals surface area contributed by atoms with Crippen molar-refractivity contribution in [2.75, 3.05) is 42.3 Å². The Balaban J connectivity index is 1.48. The second-order valence-corrected chi connectivity index (χ2v) is 7.54. The van der Waals surface area contributed by atoms with Gasteiger partial charge in [0.05, 0.1) is 35.9 Å². The van der Waals surface area contributed by atoms with Gasteiger partial charge >= 0.3 is 6.18 Å². The summed E-state index contributed by atoms with van der Waals surface area (Å²) in [6, 6.07) is 10.6. The van der Waals surface area contributed by atoms with Crippen LogP contribution in [0.4, 0.5) is 24.5 Å². The van der Waals surface area contributed by atoms with Crippen LogP contribution in [0.5, 0.6) is 0 Å². The molecule has 0 bridgehead atoms. The molecule has 1 amide bonds. The summed E-state index contributed by atoms with van der Waals surface area (Å²) in [5.41, 5.74) is 1.21. The van der Waals surface area contributed by atoms with Crippen molar-refractivity contribution in [1.82, 2.24) is 4.98 Å². The number of carbonyl (C=O) groups excluding carboxylic acids is 1.